The molecule has 0 amide bonds. The summed E-state index contributed by atoms with van der Waals surface area (Å²) < 4.78 is 1.66. The van der Waals surface area contributed by atoms with Crippen molar-refractivity contribution in [3.8, 4) is 0 Å². The highest BCUT2D eigenvalue weighted by atomic mass is 15.3. The van der Waals surface area contributed by atoms with Gasteiger partial charge in [-0.3, -0.25) is 0 Å². The van der Waals surface area contributed by atoms with Gasteiger partial charge in [0.1, 0.15) is 0 Å². The topological polar surface area (TPSA) is 56.2 Å². The first-order valence-electron chi connectivity index (χ1n) is 3.98. The highest BCUT2D eigenvalue weighted by molar-refractivity contribution is 5.80. The molecule has 0 radical (unpaired) electrons. The lowest BCUT2D eigenvalue weighted by molar-refractivity contribution is 0.695. The molecular weight excluding hydrogens is 164 g/mol. The van der Waals surface area contributed by atoms with Crippen molar-refractivity contribution in [3.63, 3.8) is 0 Å². The van der Waals surface area contributed by atoms with Crippen molar-refractivity contribution in [2.24, 2.45) is 18.0 Å². The second-order valence-corrected chi connectivity index (χ2v) is 2.81. The molecule has 0 atom stereocenters. The van der Waals surface area contributed by atoms with Crippen LogP contribution >= 0.6 is 0 Å². The molecule has 0 spiro atoms. The highest BCUT2D eigenvalue weighted by Crippen LogP contribution is 2.05. The molecule has 1 aromatic heterocycles. The number of nitrogens with zero attached hydrogens (tertiary/aromatic N) is 3. The van der Waals surface area contributed by atoms with Crippen LogP contribution in [0.2, 0.25) is 0 Å². The summed E-state index contributed by atoms with van der Waals surface area (Å²) in [5.41, 5.74) is 0.693. The lowest BCUT2D eigenvalue weighted by Gasteiger charge is -2.01. The number of hydrogen-bond donors (Lipinski definition) is 1. The standard InChI is InChI=1S/C9H10N4/c1-13-9(12-10)8-5-3-2-4-7(8)6-11-13/h2-6H,10H2,1H3/b12-9-. The lowest BCUT2D eigenvalue weighted by atomic mass is 10.2. The molecule has 0 aliphatic carbocycles. The zero-order chi connectivity index (χ0) is 9.26. The van der Waals surface area contributed by atoms with E-state index in [9.17, 15) is 0 Å². The second kappa shape index (κ2) is 2.90. The van der Waals surface area contributed by atoms with E-state index in [0.717, 1.165) is 10.8 Å². The van der Waals surface area contributed by atoms with Crippen molar-refractivity contribution in [1.29, 1.82) is 0 Å². The van der Waals surface area contributed by atoms with E-state index in [4.69, 9.17) is 5.84 Å². The van der Waals surface area contributed by atoms with Crippen molar-refractivity contribution in [2.45, 2.75) is 0 Å². The molecular formula is C9H10N4. The van der Waals surface area contributed by atoms with Gasteiger partial charge in [0.25, 0.3) is 0 Å². The van der Waals surface area contributed by atoms with Crippen molar-refractivity contribution < 1.29 is 0 Å². The number of benzene rings is 1. The minimum atomic E-state index is 0.693. The molecule has 4 nitrogen and oxygen atoms in total. The van der Waals surface area contributed by atoms with Gasteiger partial charge in [-0.05, 0) is 0 Å². The molecule has 0 aliphatic rings. The molecule has 0 unspecified atom stereocenters. The quantitative estimate of drug-likeness (QED) is 0.462. The molecule has 2 rings (SSSR count). The molecule has 2 N–H and O–H groups in total. The Morgan fingerprint density at radius 3 is 2.92 bits per heavy atom. The third-order valence-electron chi connectivity index (χ3n) is 2.00. The Morgan fingerprint density at radius 1 is 1.38 bits per heavy atom. The largest absolute Gasteiger partial charge is 0.321 e. The fraction of sp³-hybridized carbons (Fsp3) is 0.111. The monoisotopic (exact) mass is 174 g/mol. The fourth-order valence-electron chi connectivity index (χ4n) is 1.34. The fourth-order valence-corrected chi connectivity index (χ4v) is 1.34. The third-order valence-corrected chi connectivity index (χ3v) is 2.00. The summed E-state index contributed by atoms with van der Waals surface area (Å²) in [6.45, 7) is 0. The molecule has 1 heterocycles. The first kappa shape index (κ1) is 7.79. The number of nitrogens with two attached hydrogens (primary N) is 1. The summed E-state index contributed by atoms with van der Waals surface area (Å²) in [6.07, 6.45) is 1.80. The summed E-state index contributed by atoms with van der Waals surface area (Å²) in [4.78, 5) is 0. The number of fused-ring (bicyclic) bond motifs is 1. The van der Waals surface area contributed by atoms with Crippen LogP contribution in [0.5, 0.6) is 0 Å². The maximum Gasteiger partial charge on any atom is 0.176 e. The van der Waals surface area contributed by atoms with E-state index in [-0.39, 0.29) is 0 Å². The molecule has 0 bridgehead atoms. The van der Waals surface area contributed by atoms with Gasteiger partial charge in [0.15, 0.2) is 5.49 Å². The van der Waals surface area contributed by atoms with Crippen LogP contribution in [0.4, 0.5) is 0 Å². The van der Waals surface area contributed by atoms with Crippen LogP contribution < -0.4 is 11.3 Å². The van der Waals surface area contributed by atoms with Crippen molar-refractivity contribution >= 4 is 10.8 Å². The molecule has 0 fully saturated rings. The van der Waals surface area contributed by atoms with E-state index in [1.165, 1.54) is 0 Å². The van der Waals surface area contributed by atoms with E-state index in [1.54, 1.807) is 10.9 Å². The Kier molecular flexibility index (Phi) is 1.73. The van der Waals surface area contributed by atoms with Gasteiger partial charge in [-0.25, -0.2) is 4.68 Å². The minimum absolute atomic E-state index is 0.693. The average Bonchev–Trinajstić information content (AvgIpc) is 2.18. The van der Waals surface area contributed by atoms with Gasteiger partial charge < -0.3 is 5.84 Å². The molecule has 66 valence electrons. The first-order chi connectivity index (χ1) is 6.33. The van der Waals surface area contributed by atoms with Crippen LogP contribution in [0.15, 0.2) is 35.6 Å². The molecule has 0 saturated carbocycles. The zero-order valence-electron chi connectivity index (χ0n) is 7.31. The van der Waals surface area contributed by atoms with Crippen molar-refractivity contribution in [3.05, 3.63) is 36.0 Å². The van der Waals surface area contributed by atoms with Crippen LogP contribution in [0.25, 0.3) is 10.8 Å². The minimum Gasteiger partial charge on any atom is -0.321 e. The Balaban J connectivity index is 3.01. The van der Waals surface area contributed by atoms with Gasteiger partial charge in [-0.15, -0.1) is 0 Å². The number of aromatic nitrogens is 2. The van der Waals surface area contributed by atoms with Gasteiger partial charge >= 0.3 is 0 Å². The number of aryl methyl sites for hydroxylation is 1. The summed E-state index contributed by atoms with van der Waals surface area (Å²) in [7, 11) is 1.82. The molecule has 13 heavy (non-hydrogen) atoms. The summed E-state index contributed by atoms with van der Waals surface area (Å²) >= 11 is 0. The van der Waals surface area contributed by atoms with E-state index in [0.29, 0.717) is 5.49 Å². The van der Waals surface area contributed by atoms with Gasteiger partial charge in [-0.1, -0.05) is 24.3 Å². The number of rotatable bonds is 0. The predicted octanol–water partition coefficient (Wildman–Crippen LogP) is 0.348. The van der Waals surface area contributed by atoms with Crippen LogP contribution in [0, 0.1) is 0 Å². The van der Waals surface area contributed by atoms with Crippen LogP contribution in [0.1, 0.15) is 0 Å². The Morgan fingerprint density at radius 2 is 2.15 bits per heavy atom. The van der Waals surface area contributed by atoms with Crippen molar-refractivity contribution in [2.75, 3.05) is 0 Å². The van der Waals surface area contributed by atoms with Crippen LogP contribution in [-0.4, -0.2) is 9.78 Å². The Hall–Kier alpha value is -1.84. The average molecular weight is 174 g/mol. The molecule has 0 aliphatic heterocycles. The molecule has 1 aromatic carbocycles. The highest BCUT2D eigenvalue weighted by Gasteiger charge is 1.96. The van der Waals surface area contributed by atoms with Gasteiger partial charge in [0.2, 0.25) is 0 Å². The maximum absolute atomic E-state index is 5.28. The second-order valence-electron chi connectivity index (χ2n) is 2.81. The van der Waals surface area contributed by atoms with Gasteiger partial charge in [0, 0.05) is 17.8 Å². The van der Waals surface area contributed by atoms with Crippen LogP contribution in [-0.2, 0) is 7.05 Å². The number of hydrogen-bond acceptors (Lipinski definition) is 3. The molecule has 2 aromatic rings. The zero-order valence-corrected chi connectivity index (χ0v) is 7.31. The van der Waals surface area contributed by atoms with E-state index in [1.807, 2.05) is 31.3 Å². The van der Waals surface area contributed by atoms with Crippen LogP contribution in [0.3, 0.4) is 0 Å². The Labute approximate surface area is 75.3 Å². The predicted molar refractivity (Wildman–Crippen MR) is 50.5 cm³/mol. The molecule has 4 heteroatoms. The Bertz CT molecular complexity index is 498. The lowest BCUT2D eigenvalue weighted by Crippen LogP contribution is -2.22. The summed E-state index contributed by atoms with van der Waals surface area (Å²) in [6, 6.07) is 7.88. The third kappa shape index (κ3) is 1.16. The SMILES string of the molecule is Cn1ncc2ccccc2/c1=N/N. The van der Waals surface area contributed by atoms with E-state index >= 15 is 0 Å². The van der Waals surface area contributed by atoms with Gasteiger partial charge in [-0.2, -0.15) is 10.2 Å². The first-order valence-corrected chi connectivity index (χ1v) is 3.98. The van der Waals surface area contributed by atoms with Gasteiger partial charge in [0.05, 0.1) is 6.20 Å². The van der Waals surface area contributed by atoms with Crippen molar-refractivity contribution in [1.82, 2.24) is 9.78 Å². The van der Waals surface area contributed by atoms with E-state index in [2.05, 4.69) is 10.2 Å². The summed E-state index contributed by atoms with van der Waals surface area (Å²) in [5.74, 6) is 5.28. The maximum atomic E-state index is 5.28. The smallest absolute Gasteiger partial charge is 0.176 e. The molecule has 0 saturated heterocycles. The summed E-state index contributed by atoms with van der Waals surface area (Å²) in [5, 5.41) is 9.88. The van der Waals surface area contributed by atoms with E-state index < -0.39 is 0 Å². The normalized spacial score (nSPS) is 12.2.